The van der Waals surface area contributed by atoms with Crippen LogP contribution in [0.1, 0.15) is 37.1 Å². The van der Waals surface area contributed by atoms with Crippen molar-refractivity contribution in [3.63, 3.8) is 0 Å². The number of benzene rings is 1. The van der Waals surface area contributed by atoms with E-state index in [0.29, 0.717) is 12.3 Å². The largest absolute Gasteiger partial charge is 0.494 e. The topological polar surface area (TPSA) is 97.3 Å². The number of anilines is 1. The summed E-state index contributed by atoms with van der Waals surface area (Å²) >= 11 is 0. The molecule has 3 amide bonds. The quantitative estimate of drug-likeness (QED) is 0.725. The first-order valence-electron chi connectivity index (χ1n) is 9.14. The molecule has 0 spiro atoms. The zero-order chi connectivity index (χ0) is 19.2. The Hall–Kier alpha value is -3.03. The van der Waals surface area contributed by atoms with Gasteiger partial charge in [0.05, 0.1) is 25.4 Å². The summed E-state index contributed by atoms with van der Waals surface area (Å²) < 4.78 is 7.21. The molecular formula is C19H25N5O3. The van der Waals surface area contributed by atoms with Crippen LogP contribution >= 0.6 is 0 Å². The van der Waals surface area contributed by atoms with Crippen LogP contribution in [0.3, 0.4) is 0 Å². The van der Waals surface area contributed by atoms with E-state index in [0.717, 1.165) is 36.3 Å². The summed E-state index contributed by atoms with van der Waals surface area (Å²) in [6.45, 7) is 2.40. The fourth-order valence-electron chi connectivity index (χ4n) is 3.23. The van der Waals surface area contributed by atoms with Gasteiger partial charge >= 0.3 is 6.03 Å². The molecule has 0 fully saturated rings. The third-order valence-corrected chi connectivity index (χ3v) is 4.54. The summed E-state index contributed by atoms with van der Waals surface area (Å²) in [4.78, 5) is 24.2. The highest BCUT2D eigenvalue weighted by molar-refractivity contribution is 5.94. The summed E-state index contributed by atoms with van der Waals surface area (Å²) in [7, 11) is 1.91. The summed E-state index contributed by atoms with van der Waals surface area (Å²) in [5.41, 5.74) is 2.86. The van der Waals surface area contributed by atoms with E-state index in [9.17, 15) is 9.59 Å². The molecule has 3 N–H and O–H groups in total. The molecule has 0 saturated heterocycles. The number of amides is 3. The lowest BCUT2D eigenvalue weighted by molar-refractivity contribution is -0.115. The molecule has 1 aliphatic rings. The smallest absolute Gasteiger partial charge is 0.315 e. The average Bonchev–Trinajstić information content (AvgIpc) is 3.04. The first kappa shape index (κ1) is 18.8. The molecule has 1 unspecified atom stereocenters. The van der Waals surface area contributed by atoms with Gasteiger partial charge in [0.15, 0.2) is 0 Å². The normalized spacial score (nSPS) is 15.6. The molecule has 3 rings (SSSR count). The van der Waals surface area contributed by atoms with E-state index >= 15 is 0 Å². The Morgan fingerprint density at radius 1 is 1.30 bits per heavy atom. The summed E-state index contributed by atoms with van der Waals surface area (Å²) in [6, 6.07) is 6.65. The monoisotopic (exact) mass is 371 g/mol. The zero-order valence-electron chi connectivity index (χ0n) is 15.6. The molecule has 0 saturated carbocycles. The SMILES string of the molecule is CCOc1ccc(NC(=O)CNC(=O)NC2CCCc3c2cnn3C)cc1. The Balaban J connectivity index is 1.46. The van der Waals surface area contributed by atoms with Crippen molar-refractivity contribution >= 4 is 17.6 Å². The average molecular weight is 371 g/mol. The van der Waals surface area contributed by atoms with Gasteiger partial charge in [0, 0.05) is 24.0 Å². The van der Waals surface area contributed by atoms with Gasteiger partial charge in [0.2, 0.25) is 5.91 Å². The van der Waals surface area contributed by atoms with E-state index in [1.54, 1.807) is 30.5 Å². The summed E-state index contributed by atoms with van der Waals surface area (Å²) in [5.74, 6) is 0.454. The van der Waals surface area contributed by atoms with Crippen LogP contribution in [-0.2, 0) is 18.3 Å². The lowest BCUT2D eigenvalue weighted by Crippen LogP contribution is -2.42. The number of ether oxygens (including phenoxy) is 1. The van der Waals surface area contributed by atoms with Crippen LogP contribution < -0.4 is 20.7 Å². The van der Waals surface area contributed by atoms with Crippen molar-refractivity contribution in [2.24, 2.45) is 7.05 Å². The molecule has 1 atom stereocenters. The maximum atomic E-state index is 12.2. The molecule has 0 aliphatic heterocycles. The maximum Gasteiger partial charge on any atom is 0.315 e. The highest BCUT2D eigenvalue weighted by Crippen LogP contribution is 2.28. The second kappa shape index (κ2) is 8.57. The molecule has 8 nitrogen and oxygen atoms in total. The van der Waals surface area contributed by atoms with Gasteiger partial charge in [-0.15, -0.1) is 0 Å². The first-order valence-corrected chi connectivity index (χ1v) is 9.14. The summed E-state index contributed by atoms with van der Waals surface area (Å²) in [6.07, 6.45) is 4.63. The minimum atomic E-state index is -0.362. The third kappa shape index (κ3) is 4.78. The van der Waals surface area contributed by atoms with Crippen molar-refractivity contribution in [1.82, 2.24) is 20.4 Å². The van der Waals surface area contributed by atoms with Crippen molar-refractivity contribution in [2.45, 2.75) is 32.2 Å². The van der Waals surface area contributed by atoms with Gasteiger partial charge < -0.3 is 20.7 Å². The van der Waals surface area contributed by atoms with Gasteiger partial charge in [-0.2, -0.15) is 5.10 Å². The van der Waals surface area contributed by atoms with Crippen LogP contribution in [0, 0.1) is 0 Å². The number of rotatable bonds is 6. The van der Waals surface area contributed by atoms with Crippen LogP contribution in [0.5, 0.6) is 5.75 Å². The van der Waals surface area contributed by atoms with Crippen LogP contribution in [0.4, 0.5) is 10.5 Å². The molecule has 0 bridgehead atoms. The van der Waals surface area contributed by atoms with Crippen LogP contribution in [0.15, 0.2) is 30.5 Å². The molecule has 1 aliphatic carbocycles. The predicted molar refractivity (Wildman–Crippen MR) is 102 cm³/mol. The molecular weight excluding hydrogens is 346 g/mol. The van der Waals surface area contributed by atoms with Crippen molar-refractivity contribution in [3.8, 4) is 5.75 Å². The zero-order valence-corrected chi connectivity index (χ0v) is 15.6. The van der Waals surface area contributed by atoms with Crippen LogP contribution in [0.2, 0.25) is 0 Å². The number of carbonyl (C=O) groups excluding carboxylic acids is 2. The van der Waals surface area contributed by atoms with E-state index in [4.69, 9.17) is 4.74 Å². The van der Waals surface area contributed by atoms with Gasteiger partial charge in [-0.25, -0.2) is 4.79 Å². The van der Waals surface area contributed by atoms with Gasteiger partial charge in [-0.1, -0.05) is 0 Å². The number of carbonyl (C=O) groups is 2. The molecule has 27 heavy (non-hydrogen) atoms. The van der Waals surface area contributed by atoms with Gasteiger partial charge in [-0.3, -0.25) is 9.48 Å². The number of hydrogen-bond donors (Lipinski definition) is 3. The number of urea groups is 1. The molecule has 1 aromatic carbocycles. The molecule has 1 heterocycles. The summed E-state index contributed by atoms with van der Waals surface area (Å²) in [5, 5.41) is 12.5. The number of fused-ring (bicyclic) bond motifs is 1. The van der Waals surface area contributed by atoms with Gasteiger partial charge in [0.25, 0.3) is 0 Å². The van der Waals surface area contributed by atoms with Crippen molar-refractivity contribution in [2.75, 3.05) is 18.5 Å². The second-order valence-corrected chi connectivity index (χ2v) is 6.45. The number of nitrogens with one attached hydrogen (secondary N) is 3. The fourth-order valence-corrected chi connectivity index (χ4v) is 3.23. The van der Waals surface area contributed by atoms with E-state index in [1.165, 1.54) is 0 Å². The van der Waals surface area contributed by atoms with Crippen molar-refractivity contribution in [1.29, 1.82) is 0 Å². The minimum absolute atomic E-state index is 0.0726. The Bertz CT molecular complexity index is 800. The number of nitrogens with zero attached hydrogens (tertiary/aromatic N) is 2. The molecule has 1 aromatic heterocycles. The highest BCUT2D eigenvalue weighted by atomic mass is 16.5. The standard InChI is InChI=1S/C19H25N5O3/c1-3-27-14-9-7-13(8-10-14)22-18(25)12-20-19(26)23-16-5-4-6-17-15(16)11-21-24(17)2/h7-11,16H,3-6,12H2,1-2H3,(H,22,25)(H2,20,23,26). The van der Waals surface area contributed by atoms with Crippen molar-refractivity contribution < 1.29 is 14.3 Å². The highest BCUT2D eigenvalue weighted by Gasteiger charge is 2.24. The lowest BCUT2D eigenvalue weighted by atomic mass is 9.93. The van der Waals surface area contributed by atoms with Crippen LogP contribution in [-0.4, -0.2) is 34.9 Å². The second-order valence-electron chi connectivity index (χ2n) is 6.45. The molecule has 0 radical (unpaired) electrons. The maximum absolute atomic E-state index is 12.2. The predicted octanol–water partition coefficient (Wildman–Crippen LogP) is 2.13. The number of aryl methyl sites for hydroxylation is 1. The molecule has 2 aromatic rings. The third-order valence-electron chi connectivity index (χ3n) is 4.54. The van der Waals surface area contributed by atoms with E-state index in [2.05, 4.69) is 21.0 Å². The Labute approximate surface area is 158 Å². The van der Waals surface area contributed by atoms with E-state index in [1.807, 2.05) is 18.7 Å². The van der Waals surface area contributed by atoms with E-state index in [-0.39, 0.29) is 24.5 Å². The van der Waals surface area contributed by atoms with Crippen molar-refractivity contribution in [3.05, 3.63) is 41.7 Å². The van der Waals surface area contributed by atoms with Gasteiger partial charge in [0.1, 0.15) is 5.75 Å². The van der Waals surface area contributed by atoms with Crippen LogP contribution in [0.25, 0.3) is 0 Å². The molecule has 144 valence electrons. The number of hydrogen-bond acceptors (Lipinski definition) is 4. The van der Waals surface area contributed by atoms with E-state index < -0.39 is 0 Å². The molecule has 8 heteroatoms. The Morgan fingerprint density at radius 2 is 2.07 bits per heavy atom. The number of aromatic nitrogens is 2. The first-order chi connectivity index (χ1) is 13.1. The lowest BCUT2D eigenvalue weighted by Gasteiger charge is -2.23. The fraction of sp³-hybridized carbons (Fsp3) is 0.421. The Morgan fingerprint density at radius 3 is 2.81 bits per heavy atom. The minimum Gasteiger partial charge on any atom is -0.494 e. The Kier molecular flexibility index (Phi) is 5.95. The van der Waals surface area contributed by atoms with Gasteiger partial charge in [-0.05, 0) is 50.5 Å².